The van der Waals surface area contributed by atoms with Crippen LogP contribution in [0.5, 0.6) is 0 Å². The van der Waals surface area contributed by atoms with Crippen LogP contribution in [0, 0.1) is 10.1 Å². The molecule has 0 radical (unpaired) electrons. The second-order valence-electron chi connectivity index (χ2n) is 3.66. The third kappa shape index (κ3) is 2.63. The molecule has 19 heavy (non-hydrogen) atoms. The van der Waals surface area contributed by atoms with Crippen LogP contribution in [0.15, 0.2) is 36.7 Å². The number of anilines is 2. The number of para-hydroxylation sites is 2. The molecule has 0 unspecified atom stereocenters. The molecule has 6 nitrogen and oxygen atoms in total. The molecular formula is C12H11ClN4O2. The number of benzene rings is 1. The van der Waals surface area contributed by atoms with Crippen molar-refractivity contribution in [3.8, 4) is 0 Å². The summed E-state index contributed by atoms with van der Waals surface area (Å²) in [6, 6.07) is 6.46. The van der Waals surface area contributed by atoms with Crippen molar-refractivity contribution < 1.29 is 4.92 Å². The molecule has 0 spiro atoms. The average Bonchev–Trinajstić information content (AvgIpc) is 2.42. The lowest BCUT2D eigenvalue weighted by Gasteiger charge is -2.21. The molecule has 2 rings (SSSR count). The van der Waals surface area contributed by atoms with Gasteiger partial charge in [-0.25, -0.2) is 9.97 Å². The summed E-state index contributed by atoms with van der Waals surface area (Å²) in [7, 11) is 0. The zero-order valence-corrected chi connectivity index (χ0v) is 10.9. The van der Waals surface area contributed by atoms with E-state index in [0.717, 1.165) is 0 Å². The molecule has 0 aliphatic carbocycles. The Labute approximate surface area is 114 Å². The predicted molar refractivity (Wildman–Crippen MR) is 72.8 cm³/mol. The minimum Gasteiger partial charge on any atom is -0.318 e. The summed E-state index contributed by atoms with van der Waals surface area (Å²) in [6.45, 7) is 2.35. The number of nitro groups is 1. The highest BCUT2D eigenvalue weighted by Gasteiger charge is 2.21. The summed E-state index contributed by atoms with van der Waals surface area (Å²) in [6.07, 6.45) is 2.97. The summed E-state index contributed by atoms with van der Waals surface area (Å²) < 4.78 is 0. The third-order valence-electron chi connectivity index (χ3n) is 2.58. The zero-order valence-electron chi connectivity index (χ0n) is 10.2. The Morgan fingerprint density at radius 3 is 2.63 bits per heavy atom. The molecule has 0 fully saturated rings. The Hall–Kier alpha value is -2.21. The molecule has 0 saturated heterocycles. The largest absolute Gasteiger partial charge is 0.318 e. The standard InChI is InChI=1S/C12H11ClN4O2/c1-2-16(12-11(13)14-7-8-15-12)9-5-3-4-6-10(9)17(18)19/h3-8H,2H2,1H3. The van der Waals surface area contributed by atoms with E-state index in [-0.39, 0.29) is 10.8 Å². The maximum atomic E-state index is 11.1. The summed E-state index contributed by atoms with van der Waals surface area (Å²) in [4.78, 5) is 20.4. The Balaban J connectivity index is 2.55. The molecule has 0 aliphatic rings. The number of nitrogens with zero attached hydrogens (tertiary/aromatic N) is 4. The minimum atomic E-state index is -0.428. The summed E-state index contributed by atoms with van der Waals surface area (Å²) >= 11 is 5.99. The molecule has 2 aromatic rings. The van der Waals surface area contributed by atoms with Crippen molar-refractivity contribution >= 4 is 28.8 Å². The fourth-order valence-corrected chi connectivity index (χ4v) is 1.98. The van der Waals surface area contributed by atoms with Gasteiger partial charge in [0.05, 0.1) is 4.92 Å². The fraction of sp³-hybridized carbons (Fsp3) is 0.167. The normalized spacial score (nSPS) is 10.2. The average molecular weight is 279 g/mol. The Bertz CT molecular complexity index is 606. The second kappa shape index (κ2) is 5.62. The van der Waals surface area contributed by atoms with Gasteiger partial charge in [0.25, 0.3) is 5.69 Å². The van der Waals surface area contributed by atoms with Gasteiger partial charge in [0.15, 0.2) is 11.0 Å². The first-order valence-electron chi connectivity index (χ1n) is 5.62. The van der Waals surface area contributed by atoms with Crippen molar-refractivity contribution in [1.82, 2.24) is 9.97 Å². The van der Waals surface area contributed by atoms with Crippen LogP contribution in [0.4, 0.5) is 17.2 Å². The van der Waals surface area contributed by atoms with Gasteiger partial charge in [-0.3, -0.25) is 10.1 Å². The van der Waals surface area contributed by atoms with E-state index in [1.54, 1.807) is 23.1 Å². The fourth-order valence-electron chi connectivity index (χ4n) is 1.78. The lowest BCUT2D eigenvalue weighted by atomic mass is 10.2. The van der Waals surface area contributed by atoms with Gasteiger partial charge in [-0.15, -0.1) is 0 Å². The van der Waals surface area contributed by atoms with Crippen LogP contribution in [0.25, 0.3) is 0 Å². The van der Waals surface area contributed by atoms with E-state index < -0.39 is 4.92 Å². The number of hydrogen-bond acceptors (Lipinski definition) is 5. The number of rotatable bonds is 4. The molecule has 0 saturated carbocycles. The minimum absolute atomic E-state index is 0.00562. The highest BCUT2D eigenvalue weighted by molar-refractivity contribution is 6.31. The molecular weight excluding hydrogens is 268 g/mol. The van der Waals surface area contributed by atoms with Gasteiger partial charge in [-0.1, -0.05) is 23.7 Å². The lowest BCUT2D eigenvalue weighted by Crippen LogP contribution is -2.19. The molecule has 1 aromatic heterocycles. The van der Waals surface area contributed by atoms with Crippen LogP contribution in [0.3, 0.4) is 0 Å². The van der Waals surface area contributed by atoms with E-state index in [0.29, 0.717) is 18.1 Å². The molecule has 1 aromatic carbocycles. The van der Waals surface area contributed by atoms with Gasteiger partial charge in [0, 0.05) is 25.0 Å². The van der Waals surface area contributed by atoms with E-state index in [1.165, 1.54) is 18.5 Å². The van der Waals surface area contributed by atoms with E-state index in [9.17, 15) is 10.1 Å². The third-order valence-corrected chi connectivity index (χ3v) is 2.84. The lowest BCUT2D eigenvalue weighted by molar-refractivity contribution is -0.384. The number of hydrogen-bond donors (Lipinski definition) is 0. The first-order chi connectivity index (χ1) is 9.15. The zero-order chi connectivity index (χ0) is 13.8. The smallest absolute Gasteiger partial charge is 0.292 e. The van der Waals surface area contributed by atoms with E-state index in [2.05, 4.69) is 9.97 Å². The molecule has 0 aliphatic heterocycles. The number of aromatic nitrogens is 2. The molecule has 0 amide bonds. The van der Waals surface area contributed by atoms with Crippen LogP contribution in [0.1, 0.15) is 6.92 Å². The van der Waals surface area contributed by atoms with Crippen molar-refractivity contribution in [2.75, 3.05) is 11.4 Å². The van der Waals surface area contributed by atoms with Crippen molar-refractivity contribution in [1.29, 1.82) is 0 Å². The van der Waals surface area contributed by atoms with Crippen molar-refractivity contribution in [3.63, 3.8) is 0 Å². The van der Waals surface area contributed by atoms with Gasteiger partial charge < -0.3 is 4.90 Å². The number of nitro benzene ring substituents is 1. The molecule has 0 atom stereocenters. The van der Waals surface area contributed by atoms with E-state index >= 15 is 0 Å². The van der Waals surface area contributed by atoms with Gasteiger partial charge in [0.2, 0.25) is 0 Å². The topological polar surface area (TPSA) is 72.2 Å². The van der Waals surface area contributed by atoms with Crippen LogP contribution in [-0.2, 0) is 0 Å². The Morgan fingerprint density at radius 1 is 1.32 bits per heavy atom. The number of halogens is 1. The van der Waals surface area contributed by atoms with Crippen molar-refractivity contribution in [3.05, 3.63) is 51.9 Å². The van der Waals surface area contributed by atoms with Crippen LogP contribution in [-0.4, -0.2) is 21.4 Å². The molecule has 0 bridgehead atoms. The monoisotopic (exact) mass is 278 g/mol. The van der Waals surface area contributed by atoms with Crippen molar-refractivity contribution in [2.45, 2.75) is 6.92 Å². The van der Waals surface area contributed by atoms with Gasteiger partial charge >= 0.3 is 0 Å². The van der Waals surface area contributed by atoms with Crippen LogP contribution >= 0.6 is 11.6 Å². The van der Waals surface area contributed by atoms with E-state index in [1.807, 2.05) is 6.92 Å². The van der Waals surface area contributed by atoms with Crippen molar-refractivity contribution in [2.24, 2.45) is 0 Å². The molecule has 7 heteroatoms. The summed E-state index contributed by atoms with van der Waals surface area (Å²) in [5, 5.41) is 11.3. The highest BCUT2D eigenvalue weighted by atomic mass is 35.5. The molecule has 0 N–H and O–H groups in total. The second-order valence-corrected chi connectivity index (χ2v) is 4.02. The molecule has 98 valence electrons. The van der Waals surface area contributed by atoms with Crippen LogP contribution in [0.2, 0.25) is 5.15 Å². The van der Waals surface area contributed by atoms with E-state index in [4.69, 9.17) is 11.6 Å². The summed E-state index contributed by atoms with van der Waals surface area (Å²) in [5.74, 6) is 0.404. The first-order valence-corrected chi connectivity index (χ1v) is 6.00. The maximum Gasteiger partial charge on any atom is 0.292 e. The Kier molecular flexibility index (Phi) is 3.91. The Morgan fingerprint density at radius 2 is 2.00 bits per heavy atom. The summed E-state index contributed by atoms with van der Waals surface area (Å²) in [5.41, 5.74) is 0.448. The molecule has 1 heterocycles. The SMILES string of the molecule is CCN(c1ccccc1[N+](=O)[O-])c1nccnc1Cl. The van der Waals surface area contributed by atoms with Gasteiger partial charge in [0.1, 0.15) is 5.69 Å². The first kappa shape index (κ1) is 13.2. The van der Waals surface area contributed by atoms with Gasteiger partial charge in [-0.05, 0) is 13.0 Å². The van der Waals surface area contributed by atoms with Gasteiger partial charge in [-0.2, -0.15) is 0 Å². The predicted octanol–water partition coefficient (Wildman–Crippen LogP) is 3.20. The highest BCUT2D eigenvalue weighted by Crippen LogP contribution is 2.34. The van der Waals surface area contributed by atoms with Crippen LogP contribution < -0.4 is 4.90 Å². The maximum absolute atomic E-state index is 11.1. The quantitative estimate of drug-likeness (QED) is 0.634.